The zero-order valence-electron chi connectivity index (χ0n) is 13.3. The molecule has 0 aliphatic carbocycles. The first-order valence-electron chi connectivity index (χ1n) is 7.15. The number of aryl methyl sites for hydroxylation is 1. The summed E-state index contributed by atoms with van der Waals surface area (Å²) in [6.07, 6.45) is 5.43. The number of ether oxygens (including phenoxy) is 1. The normalized spacial score (nSPS) is 18.0. The van der Waals surface area contributed by atoms with Gasteiger partial charge in [0.2, 0.25) is 0 Å². The molecule has 7 nitrogen and oxygen atoms in total. The smallest absolute Gasteiger partial charge is 0.307 e. The number of aliphatic imine (C=N–C) groups is 1. The van der Waals surface area contributed by atoms with E-state index in [0.29, 0.717) is 18.9 Å². The van der Waals surface area contributed by atoms with Crippen LogP contribution < -0.4 is 5.32 Å². The van der Waals surface area contributed by atoms with Crippen LogP contribution in [0.25, 0.3) is 0 Å². The van der Waals surface area contributed by atoms with Gasteiger partial charge in [-0.2, -0.15) is 5.10 Å². The number of aromatic nitrogens is 2. The number of esters is 1. The van der Waals surface area contributed by atoms with Crippen molar-refractivity contribution in [3.05, 3.63) is 18.0 Å². The average molecular weight is 421 g/mol. The Morgan fingerprint density at radius 3 is 2.95 bits per heavy atom. The Bertz CT molecular complexity index is 517. The van der Waals surface area contributed by atoms with Crippen LogP contribution in [0.4, 0.5) is 0 Å². The molecule has 8 heteroatoms. The summed E-state index contributed by atoms with van der Waals surface area (Å²) in [4.78, 5) is 17.6. The van der Waals surface area contributed by atoms with Crippen molar-refractivity contribution in [3.63, 3.8) is 0 Å². The van der Waals surface area contributed by atoms with Crippen molar-refractivity contribution in [3.8, 4) is 0 Å². The summed E-state index contributed by atoms with van der Waals surface area (Å²) in [5.41, 5.74) is 1.27. The second kappa shape index (κ2) is 8.96. The highest BCUT2D eigenvalue weighted by Crippen LogP contribution is 2.26. The molecule has 2 heterocycles. The Labute approximate surface area is 148 Å². The fourth-order valence-corrected chi connectivity index (χ4v) is 2.59. The summed E-state index contributed by atoms with van der Waals surface area (Å²) in [5.74, 6) is 1.11. The van der Waals surface area contributed by atoms with Crippen molar-refractivity contribution >= 4 is 35.9 Å². The summed E-state index contributed by atoms with van der Waals surface area (Å²) in [7, 11) is 5.09. The van der Waals surface area contributed by atoms with E-state index in [0.717, 1.165) is 25.5 Å². The van der Waals surface area contributed by atoms with Gasteiger partial charge in [0.25, 0.3) is 0 Å². The molecule has 1 aromatic rings. The molecule has 0 saturated carbocycles. The molecule has 2 rings (SSSR count). The minimum atomic E-state index is -0.215. The number of nitrogens with zero attached hydrogens (tertiary/aromatic N) is 4. The quantitative estimate of drug-likeness (QED) is 0.340. The molecule has 1 aliphatic rings. The minimum Gasteiger partial charge on any atom is -0.469 e. The van der Waals surface area contributed by atoms with Gasteiger partial charge in [-0.1, -0.05) is 0 Å². The molecule has 0 bridgehead atoms. The number of guanidine groups is 1. The number of carbonyl (C=O) groups excluding carboxylic acids is 1. The van der Waals surface area contributed by atoms with Crippen molar-refractivity contribution in [2.75, 3.05) is 33.8 Å². The van der Waals surface area contributed by atoms with Crippen LogP contribution in [0.3, 0.4) is 0 Å². The van der Waals surface area contributed by atoms with Crippen molar-refractivity contribution < 1.29 is 9.53 Å². The summed E-state index contributed by atoms with van der Waals surface area (Å²) in [6.45, 7) is 2.41. The van der Waals surface area contributed by atoms with Gasteiger partial charge in [-0.15, -0.1) is 24.0 Å². The largest absolute Gasteiger partial charge is 0.469 e. The van der Waals surface area contributed by atoms with Crippen LogP contribution in [0.2, 0.25) is 0 Å². The summed E-state index contributed by atoms with van der Waals surface area (Å²) in [5, 5.41) is 7.44. The van der Waals surface area contributed by atoms with Crippen molar-refractivity contribution in [2.45, 2.75) is 18.8 Å². The van der Waals surface area contributed by atoms with Crippen molar-refractivity contribution in [2.24, 2.45) is 12.0 Å². The van der Waals surface area contributed by atoms with Gasteiger partial charge in [0.15, 0.2) is 5.96 Å². The molecular weight excluding hydrogens is 397 g/mol. The molecule has 124 valence electrons. The van der Waals surface area contributed by atoms with Gasteiger partial charge in [-0.3, -0.25) is 14.5 Å². The average Bonchev–Trinajstić information content (AvgIpc) is 3.12. The second-order valence-electron chi connectivity index (χ2n) is 5.18. The maximum atomic E-state index is 11.1. The highest BCUT2D eigenvalue weighted by atomic mass is 127. The molecule has 1 aromatic heterocycles. The van der Waals surface area contributed by atoms with E-state index in [-0.39, 0.29) is 29.9 Å². The van der Waals surface area contributed by atoms with E-state index in [2.05, 4.69) is 31.2 Å². The first kappa shape index (κ1) is 18.7. The first-order valence-corrected chi connectivity index (χ1v) is 7.15. The third kappa shape index (κ3) is 4.85. The van der Waals surface area contributed by atoms with Gasteiger partial charge < -0.3 is 15.0 Å². The predicted octanol–water partition coefficient (Wildman–Crippen LogP) is 0.966. The Morgan fingerprint density at radius 2 is 2.36 bits per heavy atom. The van der Waals surface area contributed by atoms with Crippen LogP contribution in [0.5, 0.6) is 0 Å². The predicted molar refractivity (Wildman–Crippen MR) is 95.5 cm³/mol. The first-order chi connectivity index (χ1) is 10.1. The van der Waals surface area contributed by atoms with Crippen molar-refractivity contribution in [1.82, 2.24) is 20.0 Å². The molecular formula is C14H24IN5O2. The highest BCUT2D eigenvalue weighted by Gasteiger charge is 2.26. The van der Waals surface area contributed by atoms with Crippen LogP contribution >= 0.6 is 24.0 Å². The third-order valence-electron chi connectivity index (χ3n) is 3.74. The van der Waals surface area contributed by atoms with Gasteiger partial charge in [0.05, 0.1) is 19.7 Å². The number of hydrogen-bond acceptors (Lipinski definition) is 4. The number of rotatable bonds is 4. The molecule has 0 radical (unpaired) electrons. The lowest BCUT2D eigenvalue weighted by atomic mass is 10.0. The lowest BCUT2D eigenvalue weighted by Gasteiger charge is -2.21. The molecule has 0 amide bonds. The Hall–Kier alpha value is -1.32. The molecule has 0 aromatic carbocycles. The Balaban J connectivity index is 0.00000242. The van der Waals surface area contributed by atoms with E-state index < -0.39 is 0 Å². The number of nitrogens with one attached hydrogen (secondary N) is 1. The van der Waals surface area contributed by atoms with Crippen LogP contribution in [0.15, 0.2) is 17.4 Å². The van der Waals surface area contributed by atoms with Crippen LogP contribution in [0, 0.1) is 0 Å². The lowest BCUT2D eigenvalue weighted by Crippen LogP contribution is -2.40. The van der Waals surface area contributed by atoms with E-state index in [1.807, 2.05) is 17.9 Å². The van der Waals surface area contributed by atoms with Gasteiger partial charge in [-0.25, -0.2) is 0 Å². The SMILES string of the molecule is CN=C(NCCC(=O)OC)N1CCC(c2cnn(C)c2)C1.I. The molecule has 1 aliphatic heterocycles. The molecule has 1 saturated heterocycles. The van der Waals surface area contributed by atoms with E-state index in [9.17, 15) is 4.79 Å². The summed E-state index contributed by atoms with van der Waals surface area (Å²) in [6, 6.07) is 0. The molecule has 1 N–H and O–H groups in total. The standard InChI is InChI=1S/C14H23N5O2.HI/c1-15-14(16-6-4-13(20)21-3)19-7-5-11(10-19)12-8-17-18(2)9-12;/h8-9,11H,4-7,10H2,1-3H3,(H,15,16);1H. The van der Waals surface area contributed by atoms with Gasteiger partial charge >= 0.3 is 5.97 Å². The van der Waals surface area contributed by atoms with E-state index in [4.69, 9.17) is 0 Å². The van der Waals surface area contributed by atoms with Crippen LogP contribution in [0.1, 0.15) is 24.3 Å². The number of hydrogen-bond donors (Lipinski definition) is 1. The lowest BCUT2D eigenvalue weighted by molar-refractivity contribution is -0.140. The molecule has 22 heavy (non-hydrogen) atoms. The van der Waals surface area contributed by atoms with Gasteiger partial charge in [-0.05, 0) is 12.0 Å². The second-order valence-corrected chi connectivity index (χ2v) is 5.18. The topological polar surface area (TPSA) is 71.8 Å². The molecule has 1 atom stereocenters. The fraction of sp³-hybridized carbons (Fsp3) is 0.643. The van der Waals surface area contributed by atoms with Crippen LogP contribution in [-0.4, -0.2) is 60.4 Å². The monoisotopic (exact) mass is 421 g/mol. The number of likely N-dealkylation sites (tertiary alicyclic amines) is 1. The van der Waals surface area contributed by atoms with Crippen LogP contribution in [-0.2, 0) is 16.6 Å². The molecule has 0 spiro atoms. The number of methoxy groups -OCH3 is 1. The number of halogens is 1. The van der Waals surface area contributed by atoms with E-state index in [1.165, 1.54) is 12.7 Å². The Morgan fingerprint density at radius 1 is 1.59 bits per heavy atom. The number of carbonyl (C=O) groups is 1. The summed E-state index contributed by atoms with van der Waals surface area (Å²) >= 11 is 0. The maximum Gasteiger partial charge on any atom is 0.307 e. The highest BCUT2D eigenvalue weighted by molar-refractivity contribution is 14.0. The van der Waals surface area contributed by atoms with E-state index in [1.54, 1.807) is 7.05 Å². The minimum absolute atomic E-state index is 0. The zero-order valence-corrected chi connectivity index (χ0v) is 15.6. The third-order valence-corrected chi connectivity index (χ3v) is 3.74. The van der Waals surface area contributed by atoms with Crippen molar-refractivity contribution in [1.29, 1.82) is 0 Å². The summed E-state index contributed by atoms with van der Waals surface area (Å²) < 4.78 is 6.46. The Kier molecular flexibility index (Phi) is 7.63. The maximum absolute atomic E-state index is 11.1. The zero-order chi connectivity index (χ0) is 15.2. The molecule has 1 unspecified atom stereocenters. The van der Waals surface area contributed by atoms with Gasteiger partial charge in [0, 0.05) is 45.8 Å². The van der Waals surface area contributed by atoms with Gasteiger partial charge in [0.1, 0.15) is 0 Å². The molecule has 1 fully saturated rings. The van der Waals surface area contributed by atoms with E-state index >= 15 is 0 Å². The fourth-order valence-electron chi connectivity index (χ4n) is 2.59.